The van der Waals surface area contributed by atoms with Gasteiger partial charge in [-0.3, -0.25) is 9.69 Å². The second kappa shape index (κ2) is 10.7. The van der Waals surface area contributed by atoms with Gasteiger partial charge in [0.1, 0.15) is 11.6 Å². The number of likely N-dealkylation sites (N-methyl/N-ethyl adjacent to an activating group) is 1. The molecule has 0 aliphatic carbocycles. The van der Waals surface area contributed by atoms with Crippen molar-refractivity contribution in [1.29, 1.82) is 0 Å². The average molecular weight is 426 g/mol. The molecular formula is C23H27FN4O3. The van der Waals surface area contributed by atoms with Crippen LogP contribution < -0.4 is 10.1 Å². The van der Waals surface area contributed by atoms with E-state index in [0.717, 1.165) is 13.0 Å². The summed E-state index contributed by atoms with van der Waals surface area (Å²) in [4.78, 5) is 18.8. The lowest BCUT2D eigenvalue weighted by molar-refractivity contribution is -0.117. The Morgan fingerprint density at radius 1 is 1.26 bits per heavy atom. The Hall–Kier alpha value is -3.26. The van der Waals surface area contributed by atoms with Crippen LogP contribution in [-0.4, -0.2) is 47.7 Å². The van der Waals surface area contributed by atoms with Crippen LogP contribution in [-0.2, 0) is 11.2 Å². The number of aryl methyl sites for hydroxylation is 2. The standard InChI is InChI=1S/C23H27FN4O3/c1-4-28(15-21(29)25-19-8-5-6-9-20(19)30-3)13-7-10-22-26-23(27-31-22)17-12-11-16(2)18(24)14-17/h5-6,8-9,11-12,14H,4,7,10,13,15H2,1-3H3,(H,25,29). The first-order chi connectivity index (χ1) is 15.0. The van der Waals surface area contributed by atoms with Crippen molar-refractivity contribution in [3.05, 3.63) is 59.7 Å². The Morgan fingerprint density at radius 3 is 2.81 bits per heavy atom. The predicted molar refractivity (Wildman–Crippen MR) is 116 cm³/mol. The SMILES string of the molecule is CCN(CCCc1nc(-c2ccc(C)c(F)c2)no1)CC(=O)Nc1ccccc1OC. The molecule has 0 aliphatic rings. The Morgan fingerprint density at radius 2 is 2.06 bits per heavy atom. The molecule has 0 radical (unpaired) electrons. The minimum Gasteiger partial charge on any atom is -0.495 e. The average Bonchev–Trinajstić information content (AvgIpc) is 3.24. The van der Waals surface area contributed by atoms with Gasteiger partial charge in [0, 0.05) is 12.0 Å². The topological polar surface area (TPSA) is 80.5 Å². The lowest BCUT2D eigenvalue weighted by Gasteiger charge is -2.19. The molecule has 0 aliphatic heterocycles. The van der Waals surface area contributed by atoms with Crippen molar-refractivity contribution in [3.63, 3.8) is 0 Å². The molecule has 0 spiro atoms. The fourth-order valence-corrected chi connectivity index (χ4v) is 3.15. The molecule has 1 heterocycles. The zero-order valence-corrected chi connectivity index (χ0v) is 18.0. The number of ether oxygens (including phenoxy) is 1. The van der Waals surface area contributed by atoms with E-state index in [1.807, 2.05) is 24.0 Å². The molecule has 31 heavy (non-hydrogen) atoms. The maximum absolute atomic E-state index is 13.8. The van der Waals surface area contributed by atoms with Gasteiger partial charge < -0.3 is 14.6 Å². The third-order valence-electron chi connectivity index (χ3n) is 4.96. The summed E-state index contributed by atoms with van der Waals surface area (Å²) in [6, 6.07) is 12.2. The monoisotopic (exact) mass is 426 g/mol. The molecule has 0 saturated heterocycles. The van der Waals surface area contributed by atoms with Gasteiger partial charge in [0.25, 0.3) is 0 Å². The van der Waals surface area contributed by atoms with Crippen molar-refractivity contribution < 1.29 is 18.4 Å². The van der Waals surface area contributed by atoms with Gasteiger partial charge in [-0.2, -0.15) is 4.98 Å². The van der Waals surface area contributed by atoms with E-state index in [0.29, 0.717) is 47.2 Å². The third-order valence-corrected chi connectivity index (χ3v) is 4.96. The van der Waals surface area contributed by atoms with Crippen molar-refractivity contribution in [2.75, 3.05) is 32.1 Å². The number of carbonyl (C=O) groups excluding carboxylic acids is 1. The molecule has 3 aromatic rings. The molecular weight excluding hydrogens is 399 g/mol. The second-order valence-corrected chi connectivity index (χ2v) is 7.20. The Labute approximate surface area is 181 Å². The molecule has 8 heteroatoms. The highest BCUT2D eigenvalue weighted by molar-refractivity contribution is 5.93. The number of halogens is 1. The predicted octanol–water partition coefficient (Wildman–Crippen LogP) is 4.09. The van der Waals surface area contributed by atoms with Gasteiger partial charge in [-0.15, -0.1) is 0 Å². The highest BCUT2D eigenvalue weighted by Gasteiger charge is 2.13. The normalized spacial score (nSPS) is 11.0. The highest BCUT2D eigenvalue weighted by atomic mass is 19.1. The number of amides is 1. The first-order valence-electron chi connectivity index (χ1n) is 10.2. The summed E-state index contributed by atoms with van der Waals surface area (Å²) in [5.41, 5.74) is 1.81. The number of nitrogens with zero attached hydrogens (tertiary/aromatic N) is 3. The van der Waals surface area contributed by atoms with Crippen LogP contribution in [0.5, 0.6) is 5.75 Å². The van der Waals surface area contributed by atoms with Gasteiger partial charge in [-0.1, -0.05) is 36.3 Å². The fraction of sp³-hybridized carbons (Fsp3) is 0.348. The smallest absolute Gasteiger partial charge is 0.238 e. The van der Waals surface area contributed by atoms with Gasteiger partial charge >= 0.3 is 0 Å². The summed E-state index contributed by atoms with van der Waals surface area (Å²) in [7, 11) is 1.57. The van der Waals surface area contributed by atoms with Crippen molar-refractivity contribution >= 4 is 11.6 Å². The molecule has 164 valence electrons. The summed E-state index contributed by atoms with van der Waals surface area (Å²) >= 11 is 0. The zero-order valence-electron chi connectivity index (χ0n) is 18.0. The van der Waals surface area contributed by atoms with Gasteiger partial charge in [0.2, 0.25) is 17.6 Å². The number of benzene rings is 2. The van der Waals surface area contributed by atoms with Gasteiger partial charge in [-0.25, -0.2) is 4.39 Å². The van der Waals surface area contributed by atoms with E-state index in [4.69, 9.17) is 9.26 Å². The maximum Gasteiger partial charge on any atom is 0.238 e. The number of nitrogens with one attached hydrogen (secondary N) is 1. The summed E-state index contributed by atoms with van der Waals surface area (Å²) in [5, 5.41) is 6.83. The number of hydrogen-bond acceptors (Lipinski definition) is 6. The van der Waals surface area contributed by atoms with Crippen molar-refractivity contribution in [3.8, 4) is 17.1 Å². The molecule has 1 N–H and O–H groups in total. The fourth-order valence-electron chi connectivity index (χ4n) is 3.15. The van der Waals surface area contributed by atoms with Gasteiger partial charge in [0.15, 0.2) is 0 Å². The first kappa shape index (κ1) is 22.4. The third kappa shape index (κ3) is 6.11. The van der Waals surface area contributed by atoms with Crippen LogP contribution in [0, 0.1) is 12.7 Å². The van der Waals surface area contributed by atoms with E-state index in [2.05, 4.69) is 15.5 Å². The zero-order chi connectivity index (χ0) is 22.2. The Kier molecular flexibility index (Phi) is 7.72. The number of aromatic nitrogens is 2. The maximum atomic E-state index is 13.8. The highest BCUT2D eigenvalue weighted by Crippen LogP contribution is 2.23. The lowest BCUT2D eigenvalue weighted by Crippen LogP contribution is -2.34. The number of methoxy groups -OCH3 is 1. The summed E-state index contributed by atoms with van der Waals surface area (Å²) in [6.07, 6.45) is 1.33. The van der Waals surface area contributed by atoms with Gasteiger partial charge in [-0.05, 0) is 50.2 Å². The number of rotatable bonds is 10. The molecule has 2 aromatic carbocycles. The first-order valence-corrected chi connectivity index (χ1v) is 10.2. The van der Waals surface area contributed by atoms with E-state index in [9.17, 15) is 9.18 Å². The lowest BCUT2D eigenvalue weighted by atomic mass is 10.1. The van der Waals surface area contributed by atoms with E-state index in [1.54, 1.807) is 38.3 Å². The van der Waals surface area contributed by atoms with Crippen LogP contribution in [0.3, 0.4) is 0 Å². The Bertz CT molecular complexity index is 1020. The largest absolute Gasteiger partial charge is 0.495 e. The second-order valence-electron chi connectivity index (χ2n) is 7.20. The van der Waals surface area contributed by atoms with E-state index in [1.165, 1.54) is 6.07 Å². The number of para-hydroxylation sites is 2. The molecule has 3 rings (SSSR count). The van der Waals surface area contributed by atoms with Crippen LogP contribution in [0.4, 0.5) is 10.1 Å². The minimum absolute atomic E-state index is 0.104. The van der Waals surface area contributed by atoms with Crippen LogP contribution in [0.15, 0.2) is 47.0 Å². The summed E-state index contributed by atoms with van der Waals surface area (Å²) in [5.74, 6) is 1.09. The van der Waals surface area contributed by atoms with Crippen molar-refractivity contribution in [1.82, 2.24) is 15.0 Å². The van der Waals surface area contributed by atoms with E-state index >= 15 is 0 Å². The number of hydrogen-bond donors (Lipinski definition) is 1. The number of carbonyl (C=O) groups is 1. The van der Waals surface area contributed by atoms with Gasteiger partial charge in [0.05, 0.1) is 19.3 Å². The van der Waals surface area contributed by atoms with Crippen LogP contribution in [0.2, 0.25) is 0 Å². The van der Waals surface area contributed by atoms with Crippen molar-refractivity contribution in [2.45, 2.75) is 26.7 Å². The summed E-state index contributed by atoms with van der Waals surface area (Å²) < 4.78 is 24.3. The minimum atomic E-state index is -0.297. The Balaban J connectivity index is 1.49. The molecule has 0 atom stereocenters. The molecule has 0 saturated carbocycles. The van der Waals surface area contributed by atoms with Crippen LogP contribution >= 0.6 is 0 Å². The molecule has 0 fully saturated rings. The van der Waals surface area contributed by atoms with E-state index in [-0.39, 0.29) is 18.3 Å². The molecule has 7 nitrogen and oxygen atoms in total. The molecule has 0 bridgehead atoms. The van der Waals surface area contributed by atoms with Crippen LogP contribution in [0.25, 0.3) is 11.4 Å². The van der Waals surface area contributed by atoms with Crippen LogP contribution in [0.1, 0.15) is 24.8 Å². The molecule has 0 unspecified atom stereocenters. The van der Waals surface area contributed by atoms with E-state index < -0.39 is 0 Å². The molecule has 1 amide bonds. The molecule has 1 aromatic heterocycles. The quantitative estimate of drug-likeness (QED) is 0.526. The van der Waals surface area contributed by atoms with Crippen molar-refractivity contribution in [2.24, 2.45) is 0 Å². The summed E-state index contributed by atoms with van der Waals surface area (Å²) in [6.45, 7) is 5.42. The number of anilines is 1.